The fraction of sp³-hybridized carbons (Fsp3) is 0.364. The van der Waals surface area contributed by atoms with Crippen LogP contribution in [0, 0.1) is 0 Å². The molecule has 0 aromatic carbocycles. The fourth-order valence-electron chi connectivity index (χ4n) is 1.22. The number of aromatic nitrogens is 3. The van der Waals surface area contributed by atoms with Gasteiger partial charge in [0.1, 0.15) is 0 Å². The minimum absolute atomic E-state index is 0.536. The zero-order valence-corrected chi connectivity index (χ0v) is 12.0. The van der Waals surface area contributed by atoms with Crippen molar-refractivity contribution < 1.29 is 5.11 Å². The highest BCUT2D eigenvalue weighted by atomic mass is 32.2. The lowest BCUT2D eigenvalue weighted by Crippen LogP contribution is -2.07. The van der Waals surface area contributed by atoms with Crippen molar-refractivity contribution in [1.29, 1.82) is 0 Å². The van der Waals surface area contributed by atoms with Crippen molar-refractivity contribution in [3.8, 4) is 0 Å². The number of aliphatic hydroxyl groups excluding tert-OH is 1. The first-order chi connectivity index (χ1) is 8.56. The molecule has 0 saturated carbocycles. The van der Waals surface area contributed by atoms with Crippen molar-refractivity contribution in [2.24, 2.45) is 0 Å². The summed E-state index contributed by atoms with van der Waals surface area (Å²) in [6.07, 6.45) is 1.20. The van der Waals surface area contributed by atoms with Crippen molar-refractivity contribution in [1.82, 2.24) is 15.2 Å². The van der Waals surface area contributed by atoms with Gasteiger partial charge in [-0.15, -0.1) is 10.2 Å². The highest BCUT2D eigenvalue weighted by Crippen LogP contribution is 2.32. The van der Waals surface area contributed by atoms with E-state index >= 15 is 0 Å². The Morgan fingerprint density at radius 2 is 2.11 bits per heavy atom. The molecule has 18 heavy (non-hydrogen) atoms. The van der Waals surface area contributed by atoms with Gasteiger partial charge in [0.05, 0.1) is 11.8 Å². The Hall–Kier alpha value is -1.18. The molecule has 2 aromatic rings. The molecule has 0 aliphatic carbocycles. The second kappa shape index (κ2) is 5.64. The maximum absolute atomic E-state index is 9.37. The molecule has 2 aromatic heterocycles. The van der Waals surface area contributed by atoms with Gasteiger partial charge in [-0.2, -0.15) is 0 Å². The van der Waals surface area contributed by atoms with Crippen molar-refractivity contribution in [3.05, 3.63) is 24.0 Å². The molecule has 2 rings (SSSR count). The summed E-state index contributed by atoms with van der Waals surface area (Å²) in [4.78, 5) is 7.11. The van der Waals surface area contributed by atoms with Crippen LogP contribution in [-0.4, -0.2) is 34.4 Å². The smallest absolute Gasteiger partial charge is 0.208 e. The second-order valence-corrected chi connectivity index (χ2v) is 6.22. The van der Waals surface area contributed by atoms with Crippen LogP contribution in [0.1, 0.15) is 18.7 Å². The van der Waals surface area contributed by atoms with Crippen LogP contribution in [0.3, 0.4) is 0 Å². The van der Waals surface area contributed by atoms with Gasteiger partial charge in [0, 0.05) is 25.2 Å². The summed E-state index contributed by atoms with van der Waals surface area (Å²) in [5, 5.41) is 18.4. The summed E-state index contributed by atoms with van der Waals surface area (Å²) in [7, 11) is 3.88. The molecule has 7 heteroatoms. The summed E-state index contributed by atoms with van der Waals surface area (Å²) < 4.78 is 0.880. The number of nitrogens with zero attached hydrogens (tertiary/aromatic N) is 4. The Labute approximate surface area is 114 Å². The Balaban J connectivity index is 2.08. The minimum atomic E-state index is -0.536. The van der Waals surface area contributed by atoms with Crippen LogP contribution in [0.5, 0.6) is 0 Å². The van der Waals surface area contributed by atoms with Crippen LogP contribution in [0.2, 0.25) is 0 Å². The van der Waals surface area contributed by atoms with Gasteiger partial charge < -0.3 is 10.0 Å². The van der Waals surface area contributed by atoms with E-state index in [0.717, 1.165) is 14.4 Å². The molecule has 1 atom stereocenters. The monoisotopic (exact) mass is 282 g/mol. The molecule has 96 valence electrons. The molecule has 1 N–H and O–H groups in total. The van der Waals surface area contributed by atoms with Gasteiger partial charge in [-0.05, 0) is 19.1 Å². The zero-order valence-electron chi connectivity index (χ0n) is 10.4. The predicted octanol–water partition coefficient (Wildman–Crippen LogP) is 2.20. The van der Waals surface area contributed by atoms with Crippen molar-refractivity contribution in [2.45, 2.75) is 22.3 Å². The van der Waals surface area contributed by atoms with E-state index in [2.05, 4.69) is 15.2 Å². The molecule has 0 spiro atoms. The minimum Gasteiger partial charge on any atom is -0.387 e. The van der Waals surface area contributed by atoms with Crippen LogP contribution in [0.15, 0.2) is 27.6 Å². The number of rotatable bonds is 4. The third-order valence-corrected chi connectivity index (χ3v) is 4.29. The van der Waals surface area contributed by atoms with E-state index in [1.165, 1.54) is 23.1 Å². The van der Waals surface area contributed by atoms with Gasteiger partial charge >= 0.3 is 0 Å². The summed E-state index contributed by atoms with van der Waals surface area (Å²) in [5.74, 6) is 0. The first-order valence-electron chi connectivity index (χ1n) is 5.39. The van der Waals surface area contributed by atoms with E-state index < -0.39 is 6.10 Å². The van der Waals surface area contributed by atoms with Gasteiger partial charge in [0.2, 0.25) is 5.13 Å². The second-order valence-electron chi connectivity index (χ2n) is 3.94. The number of anilines is 1. The average molecular weight is 282 g/mol. The van der Waals surface area contributed by atoms with E-state index in [1.54, 1.807) is 13.1 Å². The largest absolute Gasteiger partial charge is 0.387 e. The van der Waals surface area contributed by atoms with E-state index in [0.29, 0.717) is 5.69 Å². The van der Waals surface area contributed by atoms with Crippen LogP contribution < -0.4 is 4.90 Å². The number of aliphatic hydroxyl groups is 1. The lowest BCUT2D eigenvalue weighted by molar-refractivity contribution is 0.194. The van der Waals surface area contributed by atoms with Gasteiger partial charge in [-0.3, -0.25) is 4.98 Å². The third kappa shape index (κ3) is 3.18. The molecule has 5 nitrogen and oxygen atoms in total. The van der Waals surface area contributed by atoms with Crippen molar-refractivity contribution >= 4 is 28.2 Å². The van der Waals surface area contributed by atoms with Gasteiger partial charge in [0.25, 0.3) is 0 Å². The first kappa shape index (κ1) is 13.3. The molecule has 0 amide bonds. The first-order valence-corrected chi connectivity index (χ1v) is 7.02. The molecule has 0 fully saturated rings. The third-order valence-electron chi connectivity index (χ3n) is 2.17. The normalized spacial score (nSPS) is 12.4. The van der Waals surface area contributed by atoms with E-state index in [-0.39, 0.29) is 0 Å². The molecule has 0 radical (unpaired) electrons. The molecule has 0 saturated heterocycles. The molecule has 0 aliphatic heterocycles. The predicted molar refractivity (Wildman–Crippen MR) is 73.2 cm³/mol. The summed E-state index contributed by atoms with van der Waals surface area (Å²) in [6, 6.07) is 3.75. The number of hydrogen-bond donors (Lipinski definition) is 1. The summed E-state index contributed by atoms with van der Waals surface area (Å²) in [5.41, 5.74) is 0.672. The van der Waals surface area contributed by atoms with Crippen LogP contribution in [0.25, 0.3) is 0 Å². The summed E-state index contributed by atoms with van der Waals surface area (Å²) >= 11 is 3.06. The van der Waals surface area contributed by atoms with Gasteiger partial charge in [-0.25, -0.2) is 0 Å². The van der Waals surface area contributed by atoms with Crippen LogP contribution >= 0.6 is 23.1 Å². The molecule has 2 heterocycles. The van der Waals surface area contributed by atoms with Crippen LogP contribution in [0.4, 0.5) is 5.13 Å². The maximum atomic E-state index is 9.37. The highest BCUT2D eigenvalue weighted by molar-refractivity contribution is 8.01. The Morgan fingerprint density at radius 1 is 1.33 bits per heavy atom. The average Bonchev–Trinajstić information content (AvgIpc) is 2.78. The Bertz CT molecular complexity index is 510. The SMILES string of the molecule is C[C@@H](O)c1ccc(Sc2nnc(N(C)C)s2)cn1. The van der Waals surface area contributed by atoms with E-state index in [4.69, 9.17) is 0 Å². The number of hydrogen-bond acceptors (Lipinski definition) is 7. The maximum Gasteiger partial charge on any atom is 0.208 e. The van der Waals surface area contributed by atoms with Crippen molar-refractivity contribution in [2.75, 3.05) is 19.0 Å². The summed E-state index contributed by atoms with van der Waals surface area (Å²) in [6.45, 7) is 1.70. The topological polar surface area (TPSA) is 62.1 Å². The van der Waals surface area contributed by atoms with E-state index in [1.807, 2.05) is 31.1 Å². The Morgan fingerprint density at radius 3 is 2.61 bits per heavy atom. The van der Waals surface area contributed by atoms with Gasteiger partial charge in [-0.1, -0.05) is 23.1 Å². The molecule has 0 aliphatic rings. The zero-order chi connectivity index (χ0) is 13.1. The standard InChI is InChI=1S/C11H14N4OS2/c1-7(16)9-5-4-8(6-12-9)17-11-14-13-10(18-11)15(2)3/h4-7,16H,1-3H3/t7-/m1/s1. The molecular formula is C11H14N4OS2. The highest BCUT2D eigenvalue weighted by Gasteiger charge is 2.08. The van der Waals surface area contributed by atoms with Crippen LogP contribution in [-0.2, 0) is 0 Å². The Kier molecular flexibility index (Phi) is 4.15. The van der Waals surface area contributed by atoms with Gasteiger partial charge in [0.15, 0.2) is 4.34 Å². The number of pyridine rings is 1. The lowest BCUT2D eigenvalue weighted by Gasteiger charge is -2.04. The molecule has 0 unspecified atom stereocenters. The molecule has 0 bridgehead atoms. The fourth-order valence-corrected chi connectivity index (χ4v) is 2.93. The molecular weight excluding hydrogens is 268 g/mol. The lowest BCUT2D eigenvalue weighted by atomic mass is 10.2. The van der Waals surface area contributed by atoms with E-state index in [9.17, 15) is 5.11 Å². The quantitative estimate of drug-likeness (QED) is 0.927. The van der Waals surface area contributed by atoms with Crippen molar-refractivity contribution in [3.63, 3.8) is 0 Å².